The summed E-state index contributed by atoms with van der Waals surface area (Å²) in [6.07, 6.45) is 1.76. The van der Waals surface area contributed by atoms with E-state index in [2.05, 4.69) is 5.09 Å². The number of benzene rings is 2. The number of carbonyl (C=O) groups is 1. The Balaban J connectivity index is 2.16. The predicted molar refractivity (Wildman–Crippen MR) is 116 cm³/mol. The lowest BCUT2D eigenvalue weighted by molar-refractivity contribution is -0.384. The summed E-state index contributed by atoms with van der Waals surface area (Å²) in [4.78, 5) is 22.7. The van der Waals surface area contributed by atoms with Gasteiger partial charge in [-0.3, -0.25) is 14.9 Å². The van der Waals surface area contributed by atoms with E-state index in [1.54, 1.807) is 30.3 Å². The van der Waals surface area contributed by atoms with Crippen LogP contribution in [0.1, 0.15) is 33.6 Å². The lowest BCUT2D eigenvalue weighted by atomic mass is 10.1. The quantitative estimate of drug-likeness (QED) is 0.205. The van der Waals surface area contributed by atoms with Crippen molar-refractivity contribution < 1.29 is 28.1 Å². The van der Waals surface area contributed by atoms with Crippen molar-refractivity contribution in [3.63, 3.8) is 0 Å². The largest absolute Gasteiger partial charge is 0.513 e. The molecule has 0 aliphatic heterocycles. The van der Waals surface area contributed by atoms with Crippen LogP contribution in [0.2, 0.25) is 0 Å². The molecule has 0 radical (unpaired) electrons. The Morgan fingerprint density at radius 2 is 1.58 bits per heavy atom. The maximum Gasteiger partial charge on any atom is 0.513 e. The molecule has 0 aliphatic carbocycles. The zero-order valence-electron chi connectivity index (χ0n) is 17.7. The predicted octanol–water partition coefficient (Wildman–Crippen LogP) is 5.12. The van der Waals surface area contributed by atoms with E-state index in [1.807, 2.05) is 13.8 Å². The van der Waals surface area contributed by atoms with Gasteiger partial charge < -0.3 is 13.8 Å². The van der Waals surface area contributed by atoms with Gasteiger partial charge in [0.05, 0.1) is 11.5 Å². The highest BCUT2D eigenvalue weighted by Gasteiger charge is 2.34. The Morgan fingerprint density at radius 3 is 2.10 bits per heavy atom. The van der Waals surface area contributed by atoms with E-state index in [9.17, 15) is 19.5 Å². The summed E-state index contributed by atoms with van der Waals surface area (Å²) in [7, 11) is -4.09. The van der Waals surface area contributed by atoms with Crippen LogP contribution in [0, 0.1) is 16.0 Å². The Bertz CT molecular complexity index is 902. The maximum absolute atomic E-state index is 13.4. The Morgan fingerprint density at radius 1 is 1.03 bits per heavy atom. The zero-order valence-corrected chi connectivity index (χ0v) is 18.6. The number of para-hydroxylation sites is 1. The molecule has 2 aromatic carbocycles. The summed E-state index contributed by atoms with van der Waals surface area (Å²) < 4.78 is 29.8. The molecule has 168 valence electrons. The first-order valence-corrected chi connectivity index (χ1v) is 11.5. The Hall–Kier alpha value is -2.90. The monoisotopic (exact) mass is 450 g/mol. The van der Waals surface area contributed by atoms with Crippen LogP contribution in [0.5, 0.6) is 11.5 Å². The third-order valence-electron chi connectivity index (χ3n) is 4.56. The second-order valence-corrected chi connectivity index (χ2v) is 8.53. The molecule has 10 heteroatoms. The van der Waals surface area contributed by atoms with Gasteiger partial charge in [-0.25, -0.2) is 4.57 Å². The molecule has 0 saturated heterocycles. The fourth-order valence-corrected chi connectivity index (χ4v) is 4.12. The highest BCUT2D eigenvalue weighted by atomic mass is 31.2. The molecule has 2 atom stereocenters. The van der Waals surface area contributed by atoms with E-state index < -0.39 is 24.7 Å². The molecule has 0 amide bonds. The van der Waals surface area contributed by atoms with Gasteiger partial charge in [0.1, 0.15) is 17.5 Å². The molecule has 0 aromatic heterocycles. The first-order valence-electron chi connectivity index (χ1n) is 9.99. The van der Waals surface area contributed by atoms with Crippen LogP contribution in [0.15, 0.2) is 54.6 Å². The third kappa shape index (κ3) is 7.70. The minimum atomic E-state index is -4.09. The molecule has 0 bridgehead atoms. The number of nitrogens with one attached hydrogen (secondary N) is 1. The number of non-ortho nitro benzene ring substituents is 1. The normalized spacial score (nSPS) is 13.8. The highest BCUT2D eigenvalue weighted by Crippen LogP contribution is 2.45. The average Bonchev–Trinajstić information content (AvgIpc) is 2.75. The second-order valence-electron chi connectivity index (χ2n) is 6.91. The lowest BCUT2D eigenvalue weighted by Crippen LogP contribution is -2.36. The molecule has 0 aliphatic rings. The fraction of sp³-hybridized carbons (Fsp3) is 0.381. The number of hydrogen-bond donors (Lipinski definition) is 1. The number of esters is 1. The number of carbonyl (C=O) groups excluding carboxylic acids is 1. The molecule has 1 N–H and O–H groups in total. The van der Waals surface area contributed by atoms with Gasteiger partial charge in [0, 0.05) is 12.1 Å². The van der Waals surface area contributed by atoms with Crippen molar-refractivity contribution in [3.8, 4) is 11.5 Å². The molecule has 2 rings (SSSR count). The summed E-state index contributed by atoms with van der Waals surface area (Å²) in [5.74, 6) is 0.00349. The van der Waals surface area contributed by atoms with Gasteiger partial charge in [0.15, 0.2) is 0 Å². The van der Waals surface area contributed by atoms with E-state index >= 15 is 0 Å². The molecule has 0 heterocycles. The van der Waals surface area contributed by atoms with Crippen LogP contribution in [0.3, 0.4) is 0 Å². The zero-order chi connectivity index (χ0) is 22.9. The van der Waals surface area contributed by atoms with Crippen LogP contribution in [-0.4, -0.2) is 23.5 Å². The summed E-state index contributed by atoms with van der Waals surface area (Å²) >= 11 is 0. The SMILES string of the molecule is CCC(CC)COC(=O)[C@H](C)NP(=O)(Oc1ccccc1)Oc1ccc([N+](=O)[O-])cc1. The smallest absolute Gasteiger partial charge is 0.464 e. The topological polar surface area (TPSA) is 117 Å². The first-order chi connectivity index (χ1) is 14.8. The summed E-state index contributed by atoms with van der Waals surface area (Å²) in [6.45, 7) is 5.80. The molecular weight excluding hydrogens is 423 g/mol. The molecule has 1 unspecified atom stereocenters. The maximum atomic E-state index is 13.4. The molecule has 2 aromatic rings. The molecule has 31 heavy (non-hydrogen) atoms. The van der Waals surface area contributed by atoms with Crippen molar-refractivity contribution in [1.29, 1.82) is 0 Å². The van der Waals surface area contributed by atoms with Crippen LogP contribution in [-0.2, 0) is 14.1 Å². The number of ether oxygens (including phenoxy) is 1. The van der Waals surface area contributed by atoms with Crippen LogP contribution in [0.4, 0.5) is 5.69 Å². The van der Waals surface area contributed by atoms with E-state index in [0.717, 1.165) is 12.8 Å². The highest BCUT2D eigenvalue weighted by molar-refractivity contribution is 7.52. The van der Waals surface area contributed by atoms with Gasteiger partial charge in [-0.15, -0.1) is 0 Å². The van der Waals surface area contributed by atoms with Gasteiger partial charge in [-0.05, 0) is 37.1 Å². The molecule has 9 nitrogen and oxygen atoms in total. The van der Waals surface area contributed by atoms with Crippen molar-refractivity contribution >= 4 is 19.4 Å². The molecule has 0 saturated carbocycles. The number of nitro groups is 1. The van der Waals surface area contributed by atoms with Crippen LogP contribution in [0.25, 0.3) is 0 Å². The average molecular weight is 450 g/mol. The number of rotatable bonds is 12. The minimum absolute atomic E-state index is 0.0787. The first kappa shape index (κ1) is 24.4. The Kier molecular flexibility index (Phi) is 9.03. The van der Waals surface area contributed by atoms with Crippen LogP contribution < -0.4 is 14.1 Å². The molecule has 0 spiro atoms. The van der Waals surface area contributed by atoms with Crippen molar-refractivity contribution in [2.75, 3.05) is 6.61 Å². The van der Waals surface area contributed by atoms with Crippen molar-refractivity contribution in [2.45, 2.75) is 39.7 Å². The minimum Gasteiger partial charge on any atom is -0.464 e. The van der Waals surface area contributed by atoms with Crippen LogP contribution >= 0.6 is 7.75 Å². The van der Waals surface area contributed by atoms with E-state index in [0.29, 0.717) is 0 Å². The van der Waals surface area contributed by atoms with Crippen molar-refractivity contribution in [1.82, 2.24) is 5.09 Å². The number of nitrogens with zero attached hydrogens (tertiary/aromatic N) is 1. The van der Waals surface area contributed by atoms with E-state index in [4.69, 9.17) is 13.8 Å². The van der Waals surface area contributed by atoms with Gasteiger partial charge in [0.25, 0.3) is 5.69 Å². The second kappa shape index (κ2) is 11.5. The summed E-state index contributed by atoms with van der Waals surface area (Å²) in [6, 6.07) is 12.4. The number of hydrogen-bond acceptors (Lipinski definition) is 7. The summed E-state index contributed by atoms with van der Waals surface area (Å²) in [5, 5.41) is 13.4. The number of nitro benzene ring substituents is 1. The molecule has 0 fully saturated rings. The standard InChI is InChI=1S/C21H27N2O7P/c1-4-17(5-2)15-28-21(24)16(3)22-31(27,29-19-9-7-6-8-10-19)30-20-13-11-18(12-14-20)23(25)26/h6-14,16-17H,4-5,15H2,1-3H3,(H,22,27)/t16-,31?/m0/s1. The van der Waals surface area contributed by atoms with E-state index in [-0.39, 0.29) is 29.7 Å². The Labute approximate surface area is 181 Å². The van der Waals surface area contributed by atoms with Gasteiger partial charge in [-0.1, -0.05) is 44.9 Å². The van der Waals surface area contributed by atoms with Crippen molar-refractivity contribution in [3.05, 3.63) is 64.7 Å². The summed E-state index contributed by atoms with van der Waals surface area (Å²) in [5.41, 5.74) is -0.141. The third-order valence-corrected chi connectivity index (χ3v) is 6.17. The fourth-order valence-electron chi connectivity index (χ4n) is 2.60. The van der Waals surface area contributed by atoms with Gasteiger partial charge >= 0.3 is 13.7 Å². The lowest BCUT2D eigenvalue weighted by Gasteiger charge is -2.23. The van der Waals surface area contributed by atoms with E-state index in [1.165, 1.54) is 31.2 Å². The van der Waals surface area contributed by atoms with Gasteiger partial charge in [0.2, 0.25) is 0 Å². The van der Waals surface area contributed by atoms with Crippen molar-refractivity contribution in [2.24, 2.45) is 5.92 Å². The van der Waals surface area contributed by atoms with Gasteiger partial charge in [-0.2, -0.15) is 5.09 Å². The molecular formula is C21H27N2O7P.